The van der Waals surface area contributed by atoms with Gasteiger partial charge in [0.15, 0.2) is 0 Å². The Labute approximate surface area is 182 Å². The average molecular weight is 427 g/mol. The Morgan fingerprint density at radius 3 is 2.53 bits per heavy atom. The van der Waals surface area contributed by atoms with Crippen LogP contribution in [0.3, 0.4) is 0 Å². The zero-order valence-electron chi connectivity index (χ0n) is 18.1. The molecule has 1 saturated carbocycles. The summed E-state index contributed by atoms with van der Waals surface area (Å²) in [6, 6.07) is 9.11. The number of hydrogen-bond donors (Lipinski definition) is 2. The van der Waals surface area contributed by atoms with Gasteiger partial charge < -0.3 is 10.6 Å². The number of aromatic nitrogens is 1. The van der Waals surface area contributed by atoms with Crippen LogP contribution in [-0.4, -0.2) is 33.1 Å². The minimum Gasteiger partial charge on any atom is -0.340 e. The molecule has 6 nitrogen and oxygen atoms in total. The third-order valence-corrected chi connectivity index (χ3v) is 6.53. The molecule has 1 aromatic carbocycles. The molecule has 1 atom stereocenters. The van der Waals surface area contributed by atoms with Crippen LogP contribution in [0.1, 0.15) is 57.3 Å². The van der Waals surface area contributed by atoms with Crippen LogP contribution in [-0.2, 0) is 4.79 Å². The second-order valence-corrected chi connectivity index (χ2v) is 9.93. The van der Waals surface area contributed by atoms with Crippen LogP contribution >= 0.6 is 11.9 Å². The summed E-state index contributed by atoms with van der Waals surface area (Å²) in [6.07, 6.45) is 3.87. The molecule has 2 N–H and O–H groups in total. The molecule has 1 aliphatic rings. The zero-order chi connectivity index (χ0) is 21.9. The Hall–Kier alpha value is -2.46. The van der Waals surface area contributed by atoms with Gasteiger partial charge in [-0.1, -0.05) is 27.7 Å². The maximum Gasteiger partial charge on any atom is 0.251 e. The lowest BCUT2D eigenvalue weighted by atomic mass is 10.0. The molecule has 1 fully saturated rings. The molecule has 160 valence electrons. The molecule has 7 heteroatoms. The summed E-state index contributed by atoms with van der Waals surface area (Å²) in [7, 11) is 0. The van der Waals surface area contributed by atoms with Crippen LogP contribution in [0, 0.1) is 23.2 Å². The van der Waals surface area contributed by atoms with Crippen LogP contribution in [0.5, 0.6) is 0 Å². The van der Waals surface area contributed by atoms with Gasteiger partial charge in [0.1, 0.15) is 11.6 Å². The van der Waals surface area contributed by atoms with Crippen molar-refractivity contribution in [3.05, 3.63) is 36.0 Å². The summed E-state index contributed by atoms with van der Waals surface area (Å²) >= 11 is 1.75. The molecule has 2 amide bonds. The fourth-order valence-corrected chi connectivity index (χ4v) is 4.17. The number of carbonyl (C=O) groups excluding carboxylic acids is 2. The third kappa shape index (κ3) is 5.37. The van der Waals surface area contributed by atoms with Gasteiger partial charge in [0, 0.05) is 22.9 Å². The van der Waals surface area contributed by atoms with Crippen molar-refractivity contribution in [2.45, 2.75) is 58.5 Å². The molecule has 1 heterocycles. The number of benzene rings is 1. The lowest BCUT2D eigenvalue weighted by Crippen LogP contribution is -2.50. The van der Waals surface area contributed by atoms with Crippen molar-refractivity contribution in [2.24, 2.45) is 11.8 Å². The van der Waals surface area contributed by atoms with Gasteiger partial charge in [0.2, 0.25) is 5.91 Å². The minimum absolute atomic E-state index is 0.229. The molecule has 0 aliphatic heterocycles. The lowest BCUT2D eigenvalue weighted by Gasteiger charge is -2.21. The van der Waals surface area contributed by atoms with Crippen molar-refractivity contribution in [3.8, 4) is 6.07 Å². The van der Waals surface area contributed by atoms with Gasteiger partial charge in [-0.05, 0) is 67.3 Å². The first-order chi connectivity index (χ1) is 14.2. The number of nitriles is 1. The molecule has 3 rings (SSSR count). The van der Waals surface area contributed by atoms with E-state index in [0.29, 0.717) is 30.7 Å². The normalized spacial score (nSPS) is 15.8. The Bertz CT molecular complexity index is 969. The van der Waals surface area contributed by atoms with E-state index in [2.05, 4.69) is 34.5 Å². The quantitative estimate of drug-likeness (QED) is 0.632. The molecular weight excluding hydrogens is 396 g/mol. The van der Waals surface area contributed by atoms with Crippen LogP contribution < -0.4 is 10.6 Å². The maximum absolute atomic E-state index is 12.9. The highest BCUT2D eigenvalue weighted by atomic mass is 32.2. The smallest absolute Gasteiger partial charge is 0.251 e. The van der Waals surface area contributed by atoms with Crippen molar-refractivity contribution in [2.75, 3.05) is 5.75 Å². The summed E-state index contributed by atoms with van der Waals surface area (Å²) in [5, 5.41) is 15.9. The highest BCUT2D eigenvalue weighted by molar-refractivity contribution is 7.97. The highest BCUT2D eigenvalue weighted by Gasteiger charge is 2.45. The standard InChI is InChI=1S/C23H30N4O2S/c1-15(2)11-19(22(29)26-23(14-24)8-9-23)25-21(28)18-5-6-20-17(12-18)7-10-27(20)30-13-16(3)4/h5-7,10,12,15-16,19H,8-9,11,13H2,1-4H3,(H,25,28)(H,26,29). The first kappa shape index (κ1) is 22.2. The second kappa shape index (κ2) is 9.13. The largest absolute Gasteiger partial charge is 0.340 e. The Morgan fingerprint density at radius 1 is 1.20 bits per heavy atom. The minimum atomic E-state index is -0.744. The highest BCUT2D eigenvalue weighted by Crippen LogP contribution is 2.34. The van der Waals surface area contributed by atoms with Gasteiger partial charge in [-0.2, -0.15) is 5.26 Å². The summed E-state index contributed by atoms with van der Waals surface area (Å²) in [6.45, 7) is 8.39. The molecule has 0 spiro atoms. The first-order valence-electron chi connectivity index (χ1n) is 10.5. The van der Waals surface area contributed by atoms with Gasteiger partial charge >= 0.3 is 0 Å². The average Bonchev–Trinajstić information content (AvgIpc) is 3.35. The molecule has 1 aliphatic carbocycles. The Balaban J connectivity index is 1.72. The van der Waals surface area contributed by atoms with Crippen LogP contribution in [0.15, 0.2) is 30.5 Å². The van der Waals surface area contributed by atoms with E-state index in [-0.39, 0.29) is 17.7 Å². The molecule has 2 aromatic rings. The van der Waals surface area contributed by atoms with E-state index in [1.165, 1.54) is 0 Å². The predicted molar refractivity (Wildman–Crippen MR) is 121 cm³/mol. The summed E-state index contributed by atoms with van der Waals surface area (Å²) < 4.78 is 2.13. The van der Waals surface area contributed by atoms with Crippen LogP contribution in [0.2, 0.25) is 0 Å². The van der Waals surface area contributed by atoms with Crippen LogP contribution in [0.25, 0.3) is 10.9 Å². The van der Waals surface area contributed by atoms with Crippen molar-refractivity contribution in [1.82, 2.24) is 14.6 Å². The van der Waals surface area contributed by atoms with Crippen molar-refractivity contribution in [1.29, 1.82) is 5.26 Å². The number of nitrogens with zero attached hydrogens (tertiary/aromatic N) is 2. The number of fused-ring (bicyclic) bond motifs is 1. The van der Waals surface area contributed by atoms with Crippen molar-refractivity contribution < 1.29 is 9.59 Å². The monoisotopic (exact) mass is 426 g/mol. The van der Waals surface area contributed by atoms with Crippen molar-refractivity contribution in [3.63, 3.8) is 0 Å². The molecule has 0 bridgehead atoms. The lowest BCUT2D eigenvalue weighted by molar-refractivity contribution is -0.123. The van der Waals surface area contributed by atoms with E-state index in [9.17, 15) is 14.9 Å². The van der Waals surface area contributed by atoms with Crippen molar-refractivity contribution >= 4 is 34.7 Å². The third-order valence-electron chi connectivity index (χ3n) is 5.12. The molecule has 1 aromatic heterocycles. The Morgan fingerprint density at radius 2 is 1.93 bits per heavy atom. The molecule has 1 unspecified atom stereocenters. The van der Waals surface area contributed by atoms with Gasteiger partial charge in [-0.25, -0.2) is 0 Å². The number of hydrogen-bond acceptors (Lipinski definition) is 4. The zero-order valence-corrected chi connectivity index (χ0v) is 18.9. The summed E-state index contributed by atoms with van der Waals surface area (Å²) in [5.41, 5.74) is 0.849. The number of nitrogens with one attached hydrogen (secondary N) is 2. The molecule has 30 heavy (non-hydrogen) atoms. The molecule has 0 radical (unpaired) electrons. The van der Waals surface area contributed by atoms with E-state index < -0.39 is 11.6 Å². The SMILES string of the molecule is CC(C)CSn1ccc2cc(C(=O)NC(CC(C)C)C(=O)NC3(C#N)CC3)ccc21. The summed E-state index contributed by atoms with van der Waals surface area (Å²) in [4.78, 5) is 25.6. The topological polar surface area (TPSA) is 86.9 Å². The van der Waals surface area contributed by atoms with Crippen LogP contribution in [0.4, 0.5) is 0 Å². The molecular formula is C23H30N4O2S. The van der Waals surface area contributed by atoms with Gasteiger partial charge in [0.25, 0.3) is 5.91 Å². The first-order valence-corrected chi connectivity index (χ1v) is 11.5. The number of carbonyl (C=O) groups is 2. The van der Waals surface area contributed by atoms with E-state index in [0.717, 1.165) is 16.7 Å². The molecule has 0 saturated heterocycles. The van der Waals surface area contributed by atoms with E-state index in [1.54, 1.807) is 18.0 Å². The predicted octanol–water partition coefficient (Wildman–Crippen LogP) is 4.11. The fraction of sp³-hybridized carbons (Fsp3) is 0.522. The van der Waals surface area contributed by atoms with Gasteiger partial charge in [0.05, 0.1) is 11.6 Å². The fourth-order valence-electron chi connectivity index (χ4n) is 3.26. The second-order valence-electron chi connectivity index (χ2n) is 8.94. The van der Waals surface area contributed by atoms with E-state index >= 15 is 0 Å². The van der Waals surface area contributed by atoms with E-state index in [4.69, 9.17) is 0 Å². The number of amides is 2. The summed E-state index contributed by atoms with van der Waals surface area (Å²) in [5.74, 6) is 1.28. The maximum atomic E-state index is 12.9. The van der Waals surface area contributed by atoms with Gasteiger partial charge in [-0.15, -0.1) is 0 Å². The number of rotatable bonds is 9. The van der Waals surface area contributed by atoms with Gasteiger partial charge in [-0.3, -0.25) is 13.6 Å². The Kier molecular flexibility index (Phi) is 6.77. The van der Waals surface area contributed by atoms with E-state index in [1.807, 2.05) is 38.2 Å².